The molecule has 1 aromatic carbocycles. The van der Waals surface area contributed by atoms with Crippen molar-refractivity contribution in [1.29, 1.82) is 0 Å². The van der Waals surface area contributed by atoms with Crippen LogP contribution in [0.5, 0.6) is 0 Å². The fourth-order valence-corrected chi connectivity index (χ4v) is 1.64. The van der Waals surface area contributed by atoms with Gasteiger partial charge in [-0.1, -0.05) is 12.1 Å². The van der Waals surface area contributed by atoms with E-state index in [4.69, 9.17) is 17.2 Å². The first-order chi connectivity index (χ1) is 7.82. The van der Waals surface area contributed by atoms with Crippen molar-refractivity contribution in [3.05, 3.63) is 34.9 Å². The van der Waals surface area contributed by atoms with Gasteiger partial charge in [0.25, 0.3) is 0 Å². The molecule has 6 N–H and O–H groups in total. The number of benzene rings is 1. The second-order valence-corrected chi connectivity index (χ2v) is 6.86. The Hall–Kier alpha value is -0.900. The Morgan fingerprint density at radius 3 is 1.28 bits per heavy atom. The molecule has 0 heterocycles. The molecule has 0 bridgehead atoms. The highest BCUT2D eigenvalue weighted by Gasteiger charge is 2.24. The Kier molecular flexibility index (Phi) is 3.65. The van der Waals surface area contributed by atoms with Gasteiger partial charge in [0, 0.05) is 16.6 Å². The summed E-state index contributed by atoms with van der Waals surface area (Å²) < 4.78 is 0. The normalized spacial score (nSPS) is 13.8. The van der Waals surface area contributed by atoms with Gasteiger partial charge in [-0.15, -0.1) is 0 Å². The topological polar surface area (TPSA) is 78.1 Å². The summed E-state index contributed by atoms with van der Waals surface area (Å²) >= 11 is 0. The summed E-state index contributed by atoms with van der Waals surface area (Å²) in [5.41, 5.74) is 20.1. The molecule has 0 aliphatic carbocycles. The first kappa shape index (κ1) is 15.2. The van der Waals surface area contributed by atoms with E-state index in [9.17, 15) is 0 Å². The predicted octanol–water partition coefficient (Wildman–Crippen LogP) is 2.07. The van der Waals surface area contributed by atoms with Crippen LogP contribution in [-0.2, 0) is 16.6 Å². The van der Waals surface area contributed by atoms with Crippen molar-refractivity contribution in [2.24, 2.45) is 17.2 Å². The van der Waals surface area contributed by atoms with E-state index in [1.165, 1.54) is 0 Å². The maximum absolute atomic E-state index is 6.19. The molecule has 0 saturated heterocycles. The third-order valence-electron chi connectivity index (χ3n) is 3.00. The molecular weight excluding hydrogens is 222 g/mol. The average Bonchev–Trinajstić information content (AvgIpc) is 2.13. The molecule has 3 heteroatoms. The minimum atomic E-state index is -0.457. The first-order valence-corrected chi connectivity index (χ1v) is 6.27. The Morgan fingerprint density at radius 2 is 1.06 bits per heavy atom. The monoisotopic (exact) mass is 248 g/mol. The third-order valence-corrected chi connectivity index (χ3v) is 3.00. The van der Waals surface area contributed by atoms with Crippen molar-refractivity contribution < 1.29 is 0 Å². The fourth-order valence-electron chi connectivity index (χ4n) is 1.64. The first-order valence-electron chi connectivity index (χ1n) is 6.27. The SMILES string of the molecule is CC(C)(N)c1[c]c(C(C)(C)N)cc(C(C)(C)N)c1. The molecule has 18 heavy (non-hydrogen) atoms. The van der Waals surface area contributed by atoms with Gasteiger partial charge in [0.05, 0.1) is 0 Å². The van der Waals surface area contributed by atoms with Gasteiger partial charge in [-0.05, 0) is 64.3 Å². The second-order valence-electron chi connectivity index (χ2n) is 6.86. The second kappa shape index (κ2) is 4.34. The molecule has 1 radical (unpaired) electrons. The van der Waals surface area contributed by atoms with E-state index in [0.29, 0.717) is 0 Å². The lowest BCUT2D eigenvalue weighted by molar-refractivity contribution is 0.514. The fraction of sp³-hybridized carbons (Fsp3) is 0.600. The van der Waals surface area contributed by atoms with E-state index >= 15 is 0 Å². The summed E-state index contributed by atoms with van der Waals surface area (Å²) in [5.74, 6) is 0. The van der Waals surface area contributed by atoms with Crippen LogP contribution in [0.25, 0.3) is 0 Å². The highest BCUT2D eigenvalue weighted by molar-refractivity contribution is 5.38. The molecule has 3 nitrogen and oxygen atoms in total. The minimum absolute atomic E-state index is 0.422. The van der Waals surface area contributed by atoms with Crippen LogP contribution in [-0.4, -0.2) is 0 Å². The Labute approximate surface area is 111 Å². The lowest BCUT2D eigenvalue weighted by Gasteiger charge is -2.29. The highest BCUT2D eigenvalue weighted by Crippen LogP contribution is 2.28. The summed E-state index contributed by atoms with van der Waals surface area (Å²) in [5, 5.41) is 0. The van der Waals surface area contributed by atoms with E-state index < -0.39 is 16.6 Å². The van der Waals surface area contributed by atoms with Crippen molar-refractivity contribution in [3.63, 3.8) is 0 Å². The Morgan fingerprint density at radius 1 is 0.722 bits per heavy atom. The molecule has 0 atom stereocenters. The van der Waals surface area contributed by atoms with Gasteiger partial charge < -0.3 is 17.2 Å². The largest absolute Gasteiger partial charge is 0.322 e. The number of rotatable bonds is 3. The third kappa shape index (κ3) is 3.55. The van der Waals surface area contributed by atoms with Crippen molar-refractivity contribution >= 4 is 0 Å². The zero-order valence-corrected chi connectivity index (χ0v) is 12.4. The van der Waals surface area contributed by atoms with Gasteiger partial charge in [-0.3, -0.25) is 0 Å². The van der Waals surface area contributed by atoms with Gasteiger partial charge in [0.2, 0.25) is 0 Å². The Balaban J connectivity index is 3.49. The van der Waals surface area contributed by atoms with Crippen LogP contribution in [0.1, 0.15) is 58.2 Å². The van der Waals surface area contributed by atoms with E-state index in [1.54, 1.807) is 0 Å². The molecule has 101 valence electrons. The summed E-state index contributed by atoms with van der Waals surface area (Å²) in [6.45, 7) is 11.8. The molecule has 0 amide bonds. The van der Waals surface area contributed by atoms with Crippen LogP contribution in [0.4, 0.5) is 0 Å². The van der Waals surface area contributed by atoms with Crippen molar-refractivity contribution in [2.45, 2.75) is 58.2 Å². The van der Waals surface area contributed by atoms with E-state index in [0.717, 1.165) is 16.7 Å². The Bertz CT molecular complexity index is 350. The number of hydrogen-bond acceptors (Lipinski definition) is 3. The predicted molar refractivity (Wildman–Crippen MR) is 76.9 cm³/mol. The molecule has 0 unspecified atom stereocenters. The van der Waals surface area contributed by atoms with Gasteiger partial charge in [-0.2, -0.15) is 0 Å². The zero-order valence-electron chi connectivity index (χ0n) is 12.4. The van der Waals surface area contributed by atoms with E-state index in [1.807, 2.05) is 53.7 Å². The molecule has 1 rings (SSSR count). The summed E-state index contributed by atoms with van der Waals surface area (Å²) in [4.78, 5) is 0. The van der Waals surface area contributed by atoms with Crippen LogP contribution >= 0.6 is 0 Å². The average molecular weight is 248 g/mol. The van der Waals surface area contributed by atoms with Crippen LogP contribution in [0.3, 0.4) is 0 Å². The lowest BCUT2D eigenvalue weighted by Crippen LogP contribution is -2.35. The van der Waals surface area contributed by atoms with Crippen LogP contribution in [0.2, 0.25) is 0 Å². The van der Waals surface area contributed by atoms with Gasteiger partial charge >= 0.3 is 0 Å². The van der Waals surface area contributed by atoms with Crippen LogP contribution in [0.15, 0.2) is 12.1 Å². The van der Waals surface area contributed by atoms with Crippen molar-refractivity contribution in [3.8, 4) is 0 Å². The molecular formula is C15H26N3. The standard InChI is InChI=1S/C15H26N3/c1-13(2,16)10-7-11(14(3,4)17)9-12(8-10)15(5,6)18/h7-8H,16-18H2,1-6H3. The molecule has 0 spiro atoms. The van der Waals surface area contributed by atoms with Gasteiger partial charge in [-0.25, -0.2) is 0 Å². The molecule has 0 aliphatic rings. The minimum Gasteiger partial charge on any atom is -0.322 e. The van der Waals surface area contributed by atoms with E-state index in [2.05, 4.69) is 6.07 Å². The summed E-state index contributed by atoms with van der Waals surface area (Å²) in [6, 6.07) is 7.38. The maximum atomic E-state index is 6.19. The lowest BCUT2D eigenvalue weighted by atomic mass is 9.83. The number of hydrogen-bond donors (Lipinski definition) is 3. The maximum Gasteiger partial charge on any atom is 0.0358 e. The van der Waals surface area contributed by atoms with Gasteiger partial charge in [0.1, 0.15) is 0 Å². The molecule has 0 aliphatic heterocycles. The smallest absolute Gasteiger partial charge is 0.0358 e. The van der Waals surface area contributed by atoms with Crippen LogP contribution < -0.4 is 17.2 Å². The summed E-state index contributed by atoms with van der Waals surface area (Å²) in [7, 11) is 0. The summed E-state index contributed by atoms with van der Waals surface area (Å²) in [6.07, 6.45) is 0. The zero-order chi connectivity index (χ0) is 14.4. The van der Waals surface area contributed by atoms with Gasteiger partial charge in [0.15, 0.2) is 0 Å². The molecule has 1 aromatic rings. The van der Waals surface area contributed by atoms with E-state index in [-0.39, 0.29) is 0 Å². The van der Waals surface area contributed by atoms with Crippen molar-refractivity contribution in [1.82, 2.24) is 0 Å². The quantitative estimate of drug-likeness (QED) is 0.766. The molecule has 0 aromatic heterocycles. The molecule has 0 fully saturated rings. The number of nitrogens with two attached hydrogens (primary N) is 3. The molecule has 0 saturated carbocycles. The van der Waals surface area contributed by atoms with Crippen molar-refractivity contribution in [2.75, 3.05) is 0 Å². The van der Waals surface area contributed by atoms with Crippen LogP contribution in [0, 0.1) is 6.07 Å². The highest BCUT2D eigenvalue weighted by atomic mass is 14.7.